The lowest BCUT2D eigenvalue weighted by molar-refractivity contribution is 0.0690. The van der Waals surface area contributed by atoms with E-state index in [1.54, 1.807) is 0 Å². The van der Waals surface area contributed by atoms with Crippen molar-refractivity contribution in [3.8, 4) is 16.2 Å². The molecule has 0 aliphatic heterocycles. The van der Waals surface area contributed by atoms with Gasteiger partial charge >= 0.3 is 5.97 Å². The SMILES string of the molecule is CCCCCCOc1ccc(-c2sc3c(N)c(Cc4cccc5ccccc45)cc(=O)n3c2C(=O)O)cc1C. The van der Waals surface area contributed by atoms with Gasteiger partial charge in [0.25, 0.3) is 5.56 Å². The molecule has 0 aliphatic rings. The fourth-order valence-corrected chi connectivity index (χ4v) is 6.29. The molecule has 3 N–H and O–H groups in total. The molecule has 0 fully saturated rings. The maximum absolute atomic E-state index is 13.3. The standard InChI is InChI=1S/C32H32N2O4S/c1-3-4-5-8-16-38-26-15-14-23(17-20(26)2)30-29(32(36)37)34-27(35)19-24(28(33)31(34)39-30)18-22-12-9-11-21-10-6-7-13-25(21)22/h6-7,9-15,17,19H,3-5,8,16,18,33H2,1-2H3,(H,36,37). The second-order valence-corrected chi connectivity index (χ2v) is 10.9. The van der Waals surface area contributed by atoms with Crippen molar-refractivity contribution in [2.45, 2.75) is 46.0 Å². The quantitative estimate of drug-likeness (QED) is 0.181. The Hall–Kier alpha value is -4.10. The van der Waals surface area contributed by atoms with Crippen LogP contribution in [0.25, 0.3) is 26.0 Å². The number of pyridine rings is 1. The smallest absolute Gasteiger partial charge is 0.354 e. The lowest BCUT2D eigenvalue weighted by Crippen LogP contribution is -2.19. The highest BCUT2D eigenvalue weighted by Crippen LogP contribution is 2.38. The minimum atomic E-state index is -1.17. The van der Waals surface area contributed by atoms with Crippen molar-refractivity contribution >= 4 is 38.6 Å². The summed E-state index contributed by atoms with van der Waals surface area (Å²) in [7, 11) is 0. The second-order valence-electron chi connectivity index (χ2n) is 9.85. The van der Waals surface area contributed by atoms with E-state index in [-0.39, 0.29) is 5.69 Å². The first kappa shape index (κ1) is 26.5. The molecule has 0 atom stereocenters. The number of anilines is 1. The van der Waals surface area contributed by atoms with Gasteiger partial charge in [-0.25, -0.2) is 4.79 Å². The third-order valence-electron chi connectivity index (χ3n) is 7.09. The fourth-order valence-electron chi connectivity index (χ4n) is 5.06. The summed E-state index contributed by atoms with van der Waals surface area (Å²) in [5.74, 6) is -0.393. The van der Waals surface area contributed by atoms with Crippen LogP contribution in [-0.4, -0.2) is 22.1 Å². The Balaban J connectivity index is 1.54. The predicted octanol–water partition coefficient (Wildman–Crippen LogP) is 7.32. The van der Waals surface area contributed by atoms with Crippen LogP contribution < -0.4 is 16.0 Å². The number of nitrogens with two attached hydrogens (primary N) is 1. The molecule has 7 heteroatoms. The van der Waals surface area contributed by atoms with Crippen molar-refractivity contribution in [3.05, 3.63) is 99.5 Å². The predicted molar refractivity (Wildman–Crippen MR) is 159 cm³/mol. The van der Waals surface area contributed by atoms with Crippen molar-refractivity contribution < 1.29 is 14.6 Å². The van der Waals surface area contributed by atoms with Gasteiger partial charge in [-0.05, 0) is 64.6 Å². The van der Waals surface area contributed by atoms with E-state index in [0.29, 0.717) is 39.5 Å². The van der Waals surface area contributed by atoms with Gasteiger partial charge in [0.05, 0.1) is 17.2 Å². The summed E-state index contributed by atoms with van der Waals surface area (Å²) < 4.78 is 7.20. The molecule has 5 rings (SSSR count). The Bertz CT molecular complexity index is 1730. The first-order chi connectivity index (χ1) is 18.9. The van der Waals surface area contributed by atoms with Crippen LogP contribution in [0.2, 0.25) is 0 Å². The molecule has 200 valence electrons. The lowest BCUT2D eigenvalue weighted by Gasteiger charge is -2.11. The number of ether oxygens (including phenoxy) is 1. The van der Waals surface area contributed by atoms with E-state index in [2.05, 4.69) is 25.1 Å². The Labute approximate surface area is 231 Å². The minimum Gasteiger partial charge on any atom is -0.493 e. The molecule has 0 radical (unpaired) electrons. The van der Waals surface area contributed by atoms with Crippen molar-refractivity contribution in [1.29, 1.82) is 0 Å². The zero-order valence-electron chi connectivity index (χ0n) is 22.2. The van der Waals surface area contributed by atoms with Crippen molar-refractivity contribution in [2.24, 2.45) is 0 Å². The van der Waals surface area contributed by atoms with Gasteiger partial charge in [-0.3, -0.25) is 9.20 Å². The summed E-state index contributed by atoms with van der Waals surface area (Å²) in [4.78, 5) is 26.7. The Morgan fingerprint density at radius 1 is 1.00 bits per heavy atom. The number of benzene rings is 3. The van der Waals surface area contributed by atoms with Gasteiger partial charge in [-0.2, -0.15) is 0 Å². The van der Waals surface area contributed by atoms with Crippen LogP contribution >= 0.6 is 11.3 Å². The van der Waals surface area contributed by atoms with Crippen LogP contribution in [0.4, 0.5) is 5.69 Å². The number of thiazole rings is 1. The number of carboxylic acid groups (broad SMARTS) is 1. The van der Waals surface area contributed by atoms with Crippen LogP contribution in [0.1, 0.15) is 59.8 Å². The summed E-state index contributed by atoms with van der Waals surface area (Å²) in [6.45, 7) is 4.77. The highest BCUT2D eigenvalue weighted by atomic mass is 32.1. The van der Waals surface area contributed by atoms with Gasteiger partial charge in [-0.15, -0.1) is 11.3 Å². The van der Waals surface area contributed by atoms with Gasteiger partial charge in [0.15, 0.2) is 5.69 Å². The summed E-state index contributed by atoms with van der Waals surface area (Å²) in [6, 6.07) is 21.3. The molecule has 0 amide bonds. The molecule has 2 aromatic heterocycles. The molecule has 0 unspecified atom stereocenters. The van der Waals surface area contributed by atoms with E-state index in [0.717, 1.165) is 40.5 Å². The van der Waals surface area contributed by atoms with E-state index in [1.807, 2.05) is 49.4 Å². The van der Waals surface area contributed by atoms with E-state index >= 15 is 0 Å². The average molecular weight is 541 g/mol. The topological polar surface area (TPSA) is 94.0 Å². The molecular weight excluding hydrogens is 508 g/mol. The van der Waals surface area contributed by atoms with E-state index < -0.39 is 11.5 Å². The third-order valence-corrected chi connectivity index (χ3v) is 8.32. The van der Waals surface area contributed by atoms with Gasteiger partial charge in [0.2, 0.25) is 0 Å². The number of nitrogens with zero attached hydrogens (tertiary/aromatic N) is 1. The van der Waals surface area contributed by atoms with Crippen LogP contribution in [0, 0.1) is 6.92 Å². The Morgan fingerprint density at radius 2 is 1.79 bits per heavy atom. The Kier molecular flexibility index (Phi) is 7.70. The number of aryl methyl sites for hydroxylation is 1. The lowest BCUT2D eigenvalue weighted by atomic mass is 9.98. The number of aromatic carboxylic acids is 1. The fraction of sp³-hybridized carbons (Fsp3) is 0.250. The average Bonchev–Trinajstić information content (AvgIpc) is 3.34. The number of hydrogen-bond donors (Lipinski definition) is 2. The van der Waals surface area contributed by atoms with E-state index in [4.69, 9.17) is 10.5 Å². The third kappa shape index (κ3) is 5.27. The number of unbranched alkanes of at least 4 members (excludes halogenated alkanes) is 3. The maximum Gasteiger partial charge on any atom is 0.354 e. The highest BCUT2D eigenvalue weighted by Gasteiger charge is 2.24. The first-order valence-corrected chi connectivity index (χ1v) is 14.1. The van der Waals surface area contributed by atoms with Gasteiger partial charge < -0.3 is 15.6 Å². The summed E-state index contributed by atoms with van der Waals surface area (Å²) in [6.07, 6.45) is 4.97. The highest BCUT2D eigenvalue weighted by molar-refractivity contribution is 7.21. The molecule has 5 aromatic rings. The molecule has 0 spiro atoms. The first-order valence-electron chi connectivity index (χ1n) is 13.3. The summed E-state index contributed by atoms with van der Waals surface area (Å²) in [5.41, 5.74) is 9.93. The normalized spacial score (nSPS) is 11.3. The molecule has 3 aromatic carbocycles. The zero-order chi connectivity index (χ0) is 27.5. The molecule has 0 aliphatic carbocycles. The summed E-state index contributed by atoms with van der Waals surface area (Å²) in [5, 5.41) is 12.4. The van der Waals surface area contributed by atoms with Crippen LogP contribution in [0.3, 0.4) is 0 Å². The molecule has 0 saturated heterocycles. The second kappa shape index (κ2) is 11.3. The largest absolute Gasteiger partial charge is 0.493 e. The molecule has 0 bridgehead atoms. The number of fused-ring (bicyclic) bond motifs is 2. The monoisotopic (exact) mass is 540 g/mol. The Morgan fingerprint density at radius 3 is 2.56 bits per heavy atom. The van der Waals surface area contributed by atoms with Crippen LogP contribution in [-0.2, 0) is 6.42 Å². The van der Waals surface area contributed by atoms with Gasteiger partial charge in [0, 0.05) is 12.5 Å². The molecule has 39 heavy (non-hydrogen) atoms. The van der Waals surface area contributed by atoms with Crippen LogP contribution in [0.15, 0.2) is 71.5 Å². The number of hydrogen-bond acceptors (Lipinski definition) is 5. The van der Waals surface area contributed by atoms with Gasteiger partial charge in [-0.1, -0.05) is 68.7 Å². The van der Waals surface area contributed by atoms with E-state index in [1.165, 1.54) is 34.6 Å². The number of nitrogen functional groups attached to an aromatic ring is 1. The number of carbonyl (C=O) groups is 1. The zero-order valence-corrected chi connectivity index (χ0v) is 23.0. The van der Waals surface area contributed by atoms with E-state index in [9.17, 15) is 14.7 Å². The van der Waals surface area contributed by atoms with Crippen molar-refractivity contribution in [2.75, 3.05) is 12.3 Å². The van der Waals surface area contributed by atoms with Gasteiger partial charge in [0.1, 0.15) is 10.6 Å². The number of carboxylic acids is 1. The minimum absolute atomic E-state index is 0.0731. The molecular formula is C32H32N2O4S. The van der Waals surface area contributed by atoms with Crippen molar-refractivity contribution in [3.63, 3.8) is 0 Å². The summed E-state index contributed by atoms with van der Waals surface area (Å²) >= 11 is 1.23. The van der Waals surface area contributed by atoms with Crippen LogP contribution in [0.5, 0.6) is 5.75 Å². The number of aromatic nitrogens is 1. The maximum atomic E-state index is 13.3. The number of rotatable bonds is 10. The van der Waals surface area contributed by atoms with Crippen molar-refractivity contribution in [1.82, 2.24) is 4.40 Å². The molecule has 0 saturated carbocycles. The molecule has 2 heterocycles. The molecule has 6 nitrogen and oxygen atoms in total.